The number of hydrogen-bond acceptors (Lipinski definition) is 3. The molecule has 0 aliphatic heterocycles. The van der Waals surface area contributed by atoms with Crippen molar-refractivity contribution in [1.29, 1.82) is 0 Å². The third kappa shape index (κ3) is 5.59. The van der Waals surface area contributed by atoms with Gasteiger partial charge in [-0.05, 0) is 37.1 Å². The van der Waals surface area contributed by atoms with Crippen molar-refractivity contribution in [1.82, 2.24) is 10.3 Å². The molecule has 2 rings (SSSR count). The van der Waals surface area contributed by atoms with Crippen molar-refractivity contribution in [3.8, 4) is 5.88 Å². The van der Waals surface area contributed by atoms with Gasteiger partial charge < -0.3 is 10.1 Å². The van der Waals surface area contributed by atoms with E-state index >= 15 is 0 Å². The minimum absolute atomic E-state index is 0. The lowest BCUT2D eigenvalue weighted by atomic mass is 10.1. The van der Waals surface area contributed by atoms with Gasteiger partial charge in [-0.2, -0.15) is 0 Å². The smallest absolute Gasteiger partial charge is 0.213 e. The highest BCUT2D eigenvalue weighted by Gasteiger charge is 1.96. The van der Waals surface area contributed by atoms with E-state index in [4.69, 9.17) is 4.74 Å². The number of rotatable bonds is 7. The van der Waals surface area contributed by atoms with E-state index in [0.717, 1.165) is 19.5 Å². The Balaban J connectivity index is 0.00000200. The Hall–Kier alpha value is -1.58. The molecule has 0 spiro atoms. The van der Waals surface area contributed by atoms with Gasteiger partial charge in [0.15, 0.2) is 0 Å². The van der Waals surface area contributed by atoms with E-state index in [1.807, 2.05) is 18.2 Å². The van der Waals surface area contributed by atoms with Crippen molar-refractivity contribution in [3.63, 3.8) is 0 Å². The maximum atomic E-state index is 5.53. The van der Waals surface area contributed by atoms with Crippen LogP contribution in [-0.4, -0.2) is 18.1 Å². The van der Waals surface area contributed by atoms with Gasteiger partial charge in [-0.25, -0.2) is 4.98 Å². The second-order valence-corrected chi connectivity index (χ2v) is 4.47. The molecule has 0 saturated heterocycles. The maximum Gasteiger partial charge on any atom is 0.213 e. The Morgan fingerprint density at radius 1 is 1.10 bits per heavy atom. The molecule has 4 heteroatoms. The average molecular weight is 293 g/mol. The predicted octanol–water partition coefficient (Wildman–Crippen LogP) is 3.37. The molecule has 0 unspecified atom stereocenters. The number of benzene rings is 1. The first-order valence-corrected chi connectivity index (χ1v) is 6.65. The lowest BCUT2D eigenvalue weighted by molar-refractivity contribution is 0.296. The molecule has 0 saturated carbocycles. The van der Waals surface area contributed by atoms with Crippen molar-refractivity contribution in [2.24, 2.45) is 0 Å². The lowest BCUT2D eigenvalue weighted by Gasteiger charge is -2.08. The zero-order chi connectivity index (χ0) is 13.3. The molecule has 20 heavy (non-hydrogen) atoms. The normalized spacial score (nSPS) is 9.85. The van der Waals surface area contributed by atoms with Crippen LogP contribution in [0.25, 0.3) is 0 Å². The summed E-state index contributed by atoms with van der Waals surface area (Å²) in [6.07, 6.45) is 2.72. The summed E-state index contributed by atoms with van der Waals surface area (Å²) in [6, 6.07) is 14.1. The molecule has 0 aliphatic carbocycles. The molecule has 0 bridgehead atoms. The molecule has 0 fully saturated rings. The van der Waals surface area contributed by atoms with E-state index in [1.54, 1.807) is 6.20 Å². The van der Waals surface area contributed by atoms with Gasteiger partial charge in [0, 0.05) is 18.8 Å². The number of aromatic nitrogens is 1. The molecule has 0 aliphatic rings. The second-order valence-electron chi connectivity index (χ2n) is 4.47. The summed E-state index contributed by atoms with van der Waals surface area (Å²) in [7, 11) is 0. The molecule has 0 radical (unpaired) electrons. The summed E-state index contributed by atoms with van der Waals surface area (Å²) < 4.78 is 5.53. The van der Waals surface area contributed by atoms with Crippen molar-refractivity contribution >= 4 is 12.4 Å². The van der Waals surface area contributed by atoms with Crippen LogP contribution in [0, 0.1) is 6.92 Å². The SMILES string of the molecule is Cc1ccccc1CNCCCOc1ccccn1.Cl. The molecule has 1 aromatic heterocycles. The van der Waals surface area contributed by atoms with Crippen molar-refractivity contribution in [2.75, 3.05) is 13.2 Å². The molecular formula is C16H21ClN2O. The highest BCUT2D eigenvalue weighted by Crippen LogP contribution is 2.06. The first-order valence-electron chi connectivity index (χ1n) is 6.65. The van der Waals surface area contributed by atoms with Gasteiger partial charge in [0.25, 0.3) is 0 Å². The summed E-state index contributed by atoms with van der Waals surface area (Å²) in [6.45, 7) is 4.69. The number of ether oxygens (including phenoxy) is 1. The summed E-state index contributed by atoms with van der Waals surface area (Å²) in [4.78, 5) is 4.11. The predicted molar refractivity (Wildman–Crippen MR) is 84.5 cm³/mol. The van der Waals surface area contributed by atoms with Crippen LogP contribution in [0.2, 0.25) is 0 Å². The first kappa shape index (κ1) is 16.5. The second kappa shape index (κ2) is 9.34. The molecule has 2 aromatic rings. The van der Waals surface area contributed by atoms with E-state index < -0.39 is 0 Å². The van der Waals surface area contributed by atoms with Crippen LogP contribution in [0.15, 0.2) is 48.7 Å². The molecule has 1 N–H and O–H groups in total. The zero-order valence-electron chi connectivity index (χ0n) is 11.7. The Bertz CT molecular complexity index is 491. The molecule has 1 heterocycles. The molecule has 0 amide bonds. The fraction of sp³-hybridized carbons (Fsp3) is 0.312. The van der Waals surface area contributed by atoms with Gasteiger partial charge in [0.05, 0.1) is 6.61 Å². The van der Waals surface area contributed by atoms with Crippen LogP contribution in [0.1, 0.15) is 17.5 Å². The monoisotopic (exact) mass is 292 g/mol. The quantitative estimate of drug-likeness (QED) is 0.795. The summed E-state index contributed by atoms with van der Waals surface area (Å²) in [5.74, 6) is 0.696. The number of pyridine rings is 1. The van der Waals surface area contributed by atoms with Crippen LogP contribution in [0.5, 0.6) is 5.88 Å². The lowest BCUT2D eigenvalue weighted by Crippen LogP contribution is -2.17. The molecular weight excluding hydrogens is 272 g/mol. The Morgan fingerprint density at radius 3 is 2.65 bits per heavy atom. The number of nitrogens with one attached hydrogen (secondary N) is 1. The molecule has 1 aromatic carbocycles. The van der Waals surface area contributed by atoms with Gasteiger partial charge in [0.1, 0.15) is 0 Å². The number of aryl methyl sites for hydroxylation is 1. The highest BCUT2D eigenvalue weighted by molar-refractivity contribution is 5.85. The zero-order valence-corrected chi connectivity index (χ0v) is 12.5. The number of nitrogens with zero attached hydrogens (tertiary/aromatic N) is 1. The Kier molecular flexibility index (Phi) is 7.70. The minimum Gasteiger partial charge on any atom is -0.478 e. The van der Waals surface area contributed by atoms with E-state index in [-0.39, 0.29) is 12.4 Å². The first-order chi connectivity index (χ1) is 9.36. The summed E-state index contributed by atoms with van der Waals surface area (Å²) >= 11 is 0. The summed E-state index contributed by atoms with van der Waals surface area (Å²) in [5, 5.41) is 3.43. The minimum atomic E-state index is 0. The van der Waals surface area contributed by atoms with Crippen LogP contribution in [0.4, 0.5) is 0 Å². The number of hydrogen-bond donors (Lipinski definition) is 1. The van der Waals surface area contributed by atoms with E-state index in [0.29, 0.717) is 12.5 Å². The fourth-order valence-electron chi connectivity index (χ4n) is 1.84. The topological polar surface area (TPSA) is 34.1 Å². The highest BCUT2D eigenvalue weighted by atomic mass is 35.5. The fourth-order valence-corrected chi connectivity index (χ4v) is 1.84. The summed E-state index contributed by atoms with van der Waals surface area (Å²) in [5.41, 5.74) is 2.69. The van der Waals surface area contributed by atoms with E-state index in [2.05, 4.69) is 41.5 Å². The van der Waals surface area contributed by atoms with Gasteiger partial charge in [0.2, 0.25) is 5.88 Å². The third-order valence-electron chi connectivity index (χ3n) is 2.96. The van der Waals surface area contributed by atoms with Gasteiger partial charge in [-0.3, -0.25) is 0 Å². The Morgan fingerprint density at radius 2 is 1.90 bits per heavy atom. The molecule has 0 atom stereocenters. The van der Waals surface area contributed by atoms with E-state index in [1.165, 1.54) is 11.1 Å². The van der Waals surface area contributed by atoms with Gasteiger partial charge in [-0.1, -0.05) is 30.3 Å². The Labute approximate surface area is 126 Å². The van der Waals surface area contributed by atoms with Gasteiger partial charge in [-0.15, -0.1) is 12.4 Å². The average Bonchev–Trinajstić information content (AvgIpc) is 2.45. The van der Waals surface area contributed by atoms with Gasteiger partial charge >= 0.3 is 0 Å². The third-order valence-corrected chi connectivity index (χ3v) is 2.96. The van der Waals surface area contributed by atoms with Crippen LogP contribution < -0.4 is 10.1 Å². The van der Waals surface area contributed by atoms with E-state index in [9.17, 15) is 0 Å². The molecule has 108 valence electrons. The standard InChI is InChI=1S/C16H20N2O.ClH/c1-14-7-2-3-8-15(14)13-17-10-6-12-19-16-9-4-5-11-18-16;/h2-5,7-9,11,17H,6,10,12-13H2,1H3;1H. The van der Waals surface area contributed by atoms with Crippen molar-refractivity contribution in [2.45, 2.75) is 19.9 Å². The van der Waals surface area contributed by atoms with Crippen molar-refractivity contribution in [3.05, 3.63) is 59.8 Å². The maximum absolute atomic E-state index is 5.53. The van der Waals surface area contributed by atoms with Crippen molar-refractivity contribution < 1.29 is 4.74 Å². The molecule has 3 nitrogen and oxygen atoms in total. The number of halogens is 1. The van der Waals surface area contributed by atoms with Crippen LogP contribution in [0.3, 0.4) is 0 Å². The van der Waals surface area contributed by atoms with Crippen LogP contribution in [-0.2, 0) is 6.54 Å². The van der Waals surface area contributed by atoms with Crippen LogP contribution >= 0.6 is 12.4 Å². The largest absolute Gasteiger partial charge is 0.478 e.